The minimum Gasteiger partial charge on any atom is -0.496 e. The second-order valence-electron chi connectivity index (χ2n) is 6.21. The van der Waals surface area contributed by atoms with Crippen LogP contribution in [0.5, 0.6) is 5.75 Å². The van der Waals surface area contributed by atoms with Gasteiger partial charge in [0.15, 0.2) is 0 Å². The number of rotatable bonds is 3. The molecule has 114 valence electrons. The van der Waals surface area contributed by atoms with Gasteiger partial charge < -0.3 is 15.4 Å². The molecule has 1 amide bonds. The highest BCUT2D eigenvalue weighted by atomic mass is 16.5. The third-order valence-corrected chi connectivity index (χ3v) is 4.96. The predicted octanol–water partition coefficient (Wildman–Crippen LogP) is 3.07. The van der Waals surface area contributed by atoms with Crippen molar-refractivity contribution in [3.8, 4) is 5.75 Å². The Bertz CT molecular complexity index is 524. The van der Waals surface area contributed by atoms with E-state index >= 15 is 0 Å². The van der Waals surface area contributed by atoms with Crippen molar-refractivity contribution in [1.29, 1.82) is 0 Å². The number of likely N-dealkylation sites (tertiary alicyclic amines) is 1. The van der Waals surface area contributed by atoms with Gasteiger partial charge in [0.1, 0.15) is 5.75 Å². The van der Waals surface area contributed by atoms with Gasteiger partial charge in [-0.25, -0.2) is 0 Å². The molecule has 2 N–H and O–H groups in total. The highest BCUT2D eigenvalue weighted by Gasteiger charge is 2.36. The van der Waals surface area contributed by atoms with Gasteiger partial charge in [0, 0.05) is 18.3 Å². The second-order valence-corrected chi connectivity index (χ2v) is 6.21. The smallest absolute Gasteiger partial charge is 0.257 e. The molecule has 1 unspecified atom stereocenters. The summed E-state index contributed by atoms with van der Waals surface area (Å²) in [5.74, 6) is 1.38. The number of ether oxygens (including phenoxy) is 1. The molecular weight excluding hydrogens is 264 g/mol. The van der Waals surface area contributed by atoms with Crippen molar-refractivity contribution in [3.63, 3.8) is 0 Å². The molecule has 1 saturated heterocycles. The Morgan fingerprint density at radius 3 is 2.71 bits per heavy atom. The van der Waals surface area contributed by atoms with Crippen LogP contribution in [0, 0.1) is 5.92 Å². The summed E-state index contributed by atoms with van der Waals surface area (Å²) in [4.78, 5) is 15.0. The first-order chi connectivity index (χ1) is 10.2. The van der Waals surface area contributed by atoms with Crippen molar-refractivity contribution < 1.29 is 9.53 Å². The third-order valence-electron chi connectivity index (χ3n) is 4.96. The van der Waals surface area contributed by atoms with Crippen LogP contribution >= 0.6 is 0 Å². The molecule has 0 radical (unpaired) electrons. The number of nitrogens with two attached hydrogens (primary N) is 1. The molecule has 21 heavy (non-hydrogen) atoms. The summed E-state index contributed by atoms with van der Waals surface area (Å²) in [6.45, 7) is 0.859. The van der Waals surface area contributed by atoms with Crippen molar-refractivity contribution in [2.45, 2.75) is 44.6 Å². The number of hydrogen-bond acceptors (Lipinski definition) is 3. The zero-order valence-corrected chi connectivity index (χ0v) is 12.7. The molecule has 2 aliphatic rings. The molecule has 0 aromatic heterocycles. The van der Waals surface area contributed by atoms with Crippen molar-refractivity contribution in [3.05, 3.63) is 23.8 Å². The Balaban J connectivity index is 1.85. The van der Waals surface area contributed by atoms with Crippen molar-refractivity contribution in [2.24, 2.45) is 5.92 Å². The average molecular weight is 288 g/mol. The second kappa shape index (κ2) is 5.96. The third kappa shape index (κ3) is 2.71. The number of hydrogen-bond donors (Lipinski definition) is 1. The summed E-state index contributed by atoms with van der Waals surface area (Å²) in [5.41, 5.74) is 7.06. The monoisotopic (exact) mass is 288 g/mol. The van der Waals surface area contributed by atoms with Gasteiger partial charge >= 0.3 is 0 Å². The maximum absolute atomic E-state index is 12.9. The fourth-order valence-electron chi connectivity index (χ4n) is 3.92. The van der Waals surface area contributed by atoms with Gasteiger partial charge in [-0.1, -0.05) is 12.8 Å². The Kier molecular flexibility index (Phi) is 4.04. The maximum atomic E-state index is 12.9. The maximum Gasteiger partial charge on any atom is 0.257 e. The van der Waals surface area contributed by atoms with Gasteiger partial charge in [-0.15, -0.1) is 0 Å². The van der Waals surface area contributed by atoms with E-state index in [1.807, 2.05) is 0 Å². The molecule has 1 aromatic carbocycles. The lowest BCUT2D eigenvalue weighted by atomic mass is 9.95. The summed E-state index contributed by atoms with van der Waals surface area (Å²) in [7, 11) is 1.60. The largest absolute Gasteiger partial charge is 0.496 e. The van der Waals surface area contributed by atoms with Gasteiger partial charge in [0.25, 0.3) is 5.91 Å². The first-order valence-electron chi connectivity index (χ1n) is 7.95. The Morgan fingerprint density at radius 2 is 2.00 bits per heavy atom. The number of nitrogens with zero attached hydrogens (tertiary/aromatic N) is 1. The van der Waals surface area contributed by atoms with Crippen molar-refractivity contribution in [1.82, 2.24) is 4.90 Å². The molecule has 4 heteroatoms. The summed E-state index contributed by atoms with van der Waals surface area (Å²) < 4.78 is 5.34. The number of amides is 1. The number of anilines is 1. The Hall–Kier alpha value is -1.71. The first-order valence-corrected chi connectivity index (χ1v) is 7.95. The molecule has 1 aliphatic carbocycles. The molecule has 0 spiro atoms. The summed E-state index contributed by atoms with van der Waals surface area (Å²) in [6.07, 6.45) is 7.40. The lowest BCUT2D eigenvalue weighted by molar-refractivity contribution is 0.0685. The molecule has 1 aliphatic heterocycles. The van der Waals surface area contributed by atoms with E-state index in [-0.39, 0.29) is 5.91 Å². The van der Waals surface area contributed by atoms with E-state index in [9.17, 15) is 4.79 Å². The summed E-state index contributed by atoms with van der Waals surface area (Å²) in [5, 5.41) is 0. The van der Waals surface area contributed by atoms with E-state index in [2.05, 4.69) is 4.90 Å². The highest BCUT2D eigenvalue weighted by Crippen LogP contribution is 2.37. The van der Waals surface area contributed by atoms with Gasteiger partial charge in [-0.05, 0) is 49.8 Å². The van der Waals surface area contributed by atoms with E-state index in [1.165, 1.54) is 25.7 Å². The Labute approximate surface area is 126 Å². The highest BCUT2D eigenvalue weighted by molar-refractivity contribution is 5.98. The average Bonchev–Trinajstić information content (AvgIpc) is 3.16. The zero-order chi connectivity index (χ0) is 14.8. The van der Waals surface area contributed by atoms with Crippen LogP contribution in [0.2, 0.25) is 0 Å². The van der Waals surface area contributed by atoms with Gasteiger partial charge in [0.05, 0.1) is 12.7 Å². The standard InChI is InChI=1S/C17H24N2O2/c1-21-16-9-8-13(18)11-14(16)17(20)19-10-4-7-15(19)12-5-2-3-6-12/h8-9,11-12,15H,2-7,10,18H2,1H3. The number of benzene rings is 1. The lowest BCUT2D eigenvalue weighted by Crippen LogP contribution is -2.39. The van der Waals surface area contributed by atoms with E-state index in [0.29, 0.717) is 29.0 Å². The van der Waals surface area contributed by atoms with Gasteiger partial charge in [-0.3, -0.25) is 4.79 Å². The molecule has 1 aromatic rings. The first kappa shape index (κ1) is 14.2. The molecule has 2 fully saturated rings. The van der Waals surface area contributed by atoms with Crippen LogP contribution in [0.1, 0.15) is 48.9 Å². The van der Waals surface area contributed by atoms with E-state index in [0.717, 1.165) is 19.4 Å². The molecular formula is C17H24N2O2. The summed E-state index contributed by atoms with van der Waals surface area (Å²) in [6, 6.07) is 5.70. The fourth-order valence-corrected chi connectivity index (χ4v) is 3.92. The number of methoxy groups -OCH3 is 1. The van der Waals surface area contributed by atoms with E-state index in [4.69, 9.17) is 10.5 Å². The predicted molar refractivity (Wildman–Crippen MR) is 83.4 cm³/mol. The van der Waals surface area contributed by atoms with E-state index < -0.39 is 0 Å². The van der Waals surface area contributed by atoms with Crippen LogP contribution in [-0.4, -0.2) is 30.5 Å². The lowest BCUT2D eigenvalue weighted by Gasteiger charge is -2.30. The van der Waals surface area contributed by atoms with Gasteiger partial charge in [0.2, 0.25) is 0 Å². The fraction of sp³-hybridized carbons (Fsp3) is 0.588. The van der Waals surface area contributed by atoms with Crippen LogP contribution in [0.25, 0.3) is 0 Å². The van der Waals surface area contributed by atoms with Crippen LogP contribution in [0.4, 0.5) is 5.69 Å². The van der Waals surface area contributed by atoms with E-state index in [1.54, 1.807) is 25.3 Å². The molecule has 0 bridgehead atoms. The molecule has 1 atom stereocenters. The molecule has 3 rings (SSSR count). The van der Waals surface area contributed by atoms with Crippen molar-refractivity contribution in [2.75, 3.05) is 19.4 Å². The molecule has 4 nitrogen and oxygen atoms in total. The number of carbonyl (C=O) groups excluding carboxylic acids is 1. The number of nitrogen functional groups attached to an aromatic ring is 1. The van der Waals surface area contributed by atoms with Crippen LogP contribution in [0.15, 0.2) is 18.2 Å². The molecule has 1 heterocycles. The topological polar surface area (TPSA) is 55.6 Å². The Morgan fingerprint density at radius 1 is 1.24 bits per heavy atom. The zero-order valence-electron chi connectivity index (χ0n) is 12.7. The van der Waals surface area contributed by atoms with Gasteiger partial charge in [-0.2, -0.15) is 0 Å². The SMILES string of the molecule is COc1ccc(N)cc1C(=O)N1CCCC1C1CCCC1. The van der Waals surface area contributed by atoms with Crippen LogP contribution in [-0.2, 0) is 0 Å². The normalized spacial score (nSPS) is 22.7. The summed E-state index contributed by atoms with van der Waals surface area (Å²) >= 11 is 0. The van der Waals surface area contributed by atoms with Crippen molar-refractivity contribution >= 4 is 11.6 Å². The quantitative estimate of drug-likeness (QED) is 0.870. The van der Waals surface area contributed by atoms with Crippen LogP contribution < -0.4 is 10.5 Å². The van der Waals surface area contributed by atoms with Crippen LogP contribution in [0.3, 0.4) is 0 Å². The minimum absolute atomic E-state index is 0.0774. The molecule has 1 saturated carbocycles. The minimum atomic E-state index is 0.0774. The number of carbonyl (C=O) groups is 1.